The number of halogens is 1. The van der Waals surface area contributed by atoms with Crippen molar-refractivity contribution in [3.8, 4) is 0 Å². The third-order valence-corrected chi connectivity index (χ3v) is 4.73. The van der Waals surface area contributed by atoms with Gasteiger partial charge in [0, 0.05) is 23.1 Å². The quantitative estimate of drug-likeness (QED) is 0.873. The van der Waals surface area contributed by atoms with Gasteiger partial charge in [0.05, 0.1) is 0 Å². The van der Waals surface area contributed by atoms with E-state index in [2.05, 4.69) is 30.9 Å². The van der Waals surface area contributed by atoms with E-state index in [1.807, 2.05) is 12.1 Å². The summed E-state index contributed by atoms with van der Waals surface area (Å²) < 4.78 is 0. The van der Waals surface area contributed by atoms with Crippen molar-refractivity contribution in [1.82, 2.24) is 4.90 Å². The summed E-state index contributed by atoms with van der Waals surface area (Å²) in [6, 6.07) is 9.30. The lowest BCUT2D eigenvalue weighted by Gasteiger charge is -2.41. The fourth-order valence-electron chi connectivity index (χ4n) is 3.55. The molecule has 0 aliphatic heterocycles. The fraction of sp³-hybridized carbons (Fsp3) is 0.647. The molecule has 1 aliphatic carbocycles. The Morgan fingerprint density at radius 2 is 1.80 bits per heavy atom. The molecule has 2 rings (SSSR count). The second-order valence-electron chi connectivity index (χ2n) is 5.98. The van der Waals surface area contributed by atoms with Crippen LogP contribution in [0.1, 0.15) is 57.6 Å². The van der Waals surface area contributed by atoms with Crippen LogP contribution in [0.25, 0.3) is 0 Å². The van der Waals surface area contributed by atoms with Gasteiger partial charge in [-0.25, -0.2) is 0 Å². The molecule has 0 aromatic heterocycles. The molecule has 0 saturated heterocycles. The van der Waals surface area contributed by atoms with Crippen molar-refractivity contribution < 1.29 is 0 Å². The molecular weight excluding hydrogens is 268 g/mol. The second-order valence-corrected chi connectivity index (χ2v) is 6.41. The first-order valence-corrected chi connectivity index (χ1v) is 8.28. The molecule has 1 aromatic rings. The molecule has 1 saturated carbocycles. The van der Waals surface area contributed by atoms with Gasteiger partial charge in [0.2, 0.25) is 0 Å². The Bertz CT molecular complexity index is 396. The van der Waals surface area contributed by atoms with Crippen LogP contribution >= 0.6 is 11.6 Å². The zero-order chi connectivity index (χ0) is 14.5. The molecule has 0 amide bonds. The first kappa shape index (κ1) is 15.8. The minimum Gasteiger partial charge on any atom is -0.326 e. The van der Waals surface area contributed by atoms with Gasteiger partial charge >= 0.3 is 0 Å². The van der Waals surface area contributed by atoms with Crippen molar-refractivity contribution in [1.29, 1.82) is 0 Å². The lowest BCUT2D eigenvalue weighted by atomic mass is 9.90. The SMILES string of the molecule is CCN(C1CCCCC1)C(c1ccc(Cl)cc1)C(C)N. The molecule has 2 N–H and O–H groups in total. The van der Waals surface area contributed by atoms with Crippen LogP contribution in [0, 0.1) is 0 Å². The lowest BCUT2D eigenvalue weighted by Crippen LogP contribution is -2.45. The topological polar surface area (TPSA) is 29.3 Å². The van der Waals surface area contributed by atoms with Crippen molar-refractivity contribution in [2.75, 3.05) is 6.54 Å². The van der Waals surface area contributed by atoms with Crippen molar-refractivity contribution in [3.05, 3.63) is 34.9 Å². The normalized spacial score (nSPS) is 20.1. The van der Waals surface area contributed by atoms with E-state index in [0.717, 1.165) is 11.6 Å². The molecule has 0 heterocycles. The predicted molar refractivity (Wildman–Crippen MR) is 87.1 cm³/mol. The number of nitrogens with two attached hydrogens (primary N) is 1. The average molecular weight is 295 g/mol. The van der Waals surface area contributed by atoms with E-state index in [0.29, 0.717) is 12.1 Å². The van der Waals surface area contributed by atoms with Crippen LogP contribution in [-0.2, 0) is 0 Å². The van der Waals surface area contributed by atoms with Gasteiger partial charge < -0.3 is 5.73 Å². The summed E-state index contributed by atoms with van der Waals surface area (Å²) in [5.41, 5.74) is 7.60. The first-order chi connectivity index (χ1) is 9.63. The maximum Gasteiger partial charge on any atom is 0.0499 e. The van der Waals surface area contributed by atoms with Gasteiger partial charge in [0.25, 0.3) is 0 Å². The number of rotatable bonds is 5. The van der Waals surface area contributed by atoms with Gasteiger partial charge in [-0.2, -0.15) is 0 Å². The van der Waals surface area contributed by atoms with Crippen LogP contribution in [0.2, 0.25) is 5.02 Å². The van der Waals surface area contributed by atoms with Gasteiger partial charge in [-0.05, 0) is 44.0 Å². The zero-order valence-electron chi connectivity index (χ0n) is 12.7. The molecule has 1 fully saturated rings. The Morgan fingerprint density at radius 1 is 1.20 bits per heavy atom. The number of likely N-dealkylation sites (N-methyl/N-ethyl adjacent to an activating group) is 1. The molecule has 2 nitrogen and oxygen atoms in total. The second kappa shape index (κ2) is 7.44. The van der Waals surface area contributed by atoms with E-state index in [9.17, 15) is 0 Å². The molecule has 0 bridgehead atoms. The molecule has 1 aromatic carbocycles. The number of nitrogens with zero attached hydrogens (tertiary/aromatic N) is 1. The van der Waals surface area contributed by atoms with Gasteiger partial charge in [-0.1, -0.05) is 49.9 Å². The Labute approximate surface area is 128 Å². The Kier molecular flexibility index (Phi) is 5.88. The van der Waals surface area contributed by atoms with Crippen LogP contribution in [0.3, 0.4) is 0 Å². The lowest BCUT2D eigenvalue weighted by molar-refractivity contribution is 0.0974. The van der Waals surface area contributed by atoms with Crippen LogP contribution in [0.5, 0.6) is 0 Å². The van der Waals surface area contributed by atoms with Crippen molar-refractivity contribution >= 4 is 11.6 Å². The fourth-order valence-corrected chi connectivity index (χ4v) is 3.68. The van der Waals surface area contributed by atoms with E-state index < -0.39 is 0 Å². The standard InChI is InChI=1S/C17H27ClN2/c1-3-20(16-7-5-4-6-8-16)17(13(2)19)14-9-11-15(18)12-10-14/h9-13,16-17H,3-8,19H2,1-2H3. The van der Waals surface area contributed by atoms with Gasteiger partial charge in [0.15, 0.2) is 0 Å². The van der Waals surface area contributed by atoms with E-state index in [1.54, 1.807) is 0 Å². The van der Waals surface area contributed by atoms with Crippen LogP contribution in [0.15, 0.2) is 24.3 Å². The van der Waals surface area contributed by atoms with Crippen LogP contribution < -0.4 is 5.73 Å². The van der Waals surface area contributed by atoms with E-state index >= 15 is 0 Å². The summed E-state index contributed by atoms with van der Waals surface area (Å²) in [4.78, 5) is 2.60. The molecular formula is C17H27ClN2. The highest BCUT2D eigenvalue weighted by atomic mass is 35.5. The van der Waals surface area contributed by atoms with Gasteiger partial charge in [-0.15, -0.1) is 0 Å². The highest BCUT2D eigenvalue weighted by Crippen LogP contribution is 2.32. The highest BCUT2D eigenvalue weighted by molar-refractivity contribution is 6.30. The monoisotopic (exact) mass is 294 g/mol. The summed E-state index contributed by atoms with van der Waals surface area (Å²) in [7, 11) is 0. The minimum absolute atomic E-state index is 0.123. The summed E-state index contributed by atoms with van der Waals surface area (Å²) in [6.07, 6.45) is 6.72. The molecule has 112 valence electrons. The molecule has 0 radical (unpaired) electrons. The first-order valence-electron chi connectivity index (χ1n) is 7.90. The van der Waals surface area contributed by atoms with Crippen LogP contribution in [-0.4, -0.2) is 23.5 Å². The highest BCUT2D eigenvalue weighted by Gasteiger charge is 2.29. The van der Waals surface area contributed by atoms with Gasteiger partial charge in [0.1, 0.15) is 0 Å². The predicted octanol–water partition coefficient (Wildman–Crippen LogP) is 4.38. The molecule has 2 unspecified atom stereocenters. The minimum atomic E-state index is 0.123. The maximum atomic E-state index is 6.32. The van der Waals surface area contributed by atoms with Crippen molar-refractivity contribution in [2.24, 2.45) is 5.73 Å². The van der Waals surface area contributed by atoms with E-state index in [4.69, 9.17) is 17.3 Å². The summed E-state index contributed by atoms with van der Waals surface area (Å²) in [6.45, 7) is 5.42. The number of hydrogen-bond donors (Lipinski definition) is 1. The molecule has 20 heavy (non-hydrogen) atoms. The smallest absolute Gasteiger partial charge is 0.0499 e. The van der Waals surface area contributed by atoms with E-state index in [-0.39, 0.29) is 6.04 Å². The van der Waals surface area contributed by atoms with Crippen LogP contribution in [0.4, 0.5) is 0 Å². The molecule has 0 spiro atoms. The molecule has 3 heteroatoms. The number of benzene rings is 1. The zero-order valence-corrected chi connectivity index (χ0v) is 13.4. The molecule has 2 atom stereocenters. The summed E-state index contributed by atoms with van der Waals surface area (Å²) in [5.74, 6) is 0. The largest absolute Gasteiger partial charge is 0.326 e. The van der Waals surface area contributed by atoms with E-state index in [1.165, 1.54) is 37.7 Å². The van der Waals surface area contributed by atoms with Crippen molar-refractivity contribution in [2.45, 2.75) is 64.1 Å². The Balaban J connectivity index is 2.22. The number of hydrogen-bond acceptors (Lipinski definition) is 2. The van der Waals surface area contributed by atoms with Gasteiger partial charge in [-0.3, -0.25) is 4.90 Å². The average Bonchev–Trinajstić information content (AvgIpc) is 2.46. The third-order valence-electron chi connectivity index (χ3n) is 4.48. The summed E-state index contributed by atoms with van der Waals surface area (Å²) in [5, 5.41) is 0.790. The molecule has 1 aliphatic rings. The Morgan fingerprint density at radius 3 is 2.30 bits per heavy atom. The third kappa shape index (κ3) is 3.75. The Hall–Kier alpha value is -0.570. The maximum absolute atomic E-state index is 6.32. The van der Waals surface area contributed by atoms with Crippen molar-refractivity contribution in [3.63, 3.8) is 0 Å². The summed E-state index contributed by atoms with van der Waals surface area (Å²) >= 11 is 6.01.